The molecule has 2 rings (SSSR count). The maximum Gasteiger partial charge on any atom is 0.270 e. The predicted octanol–water partition coefficient (Wildman–Crippen LogP) is 1.98. The molecule has 0 unspecified atom stereocenters. The first kappa shape index (κ1) is 21.0. The van der Waals surface area contributed by atoms with E-state index in [0.29, 0.717) is 4.47 Å². The van der Waals surface area contributed by atoms with Gasteiger partial charge in [0.05, 0.1) is 17.0 Å². The average Bonchev–Trinajstić information content (AvgIpc) is 2.62. The minimum atomic E-state index is -3.85. The Bertz CT molecular complexity index is 965. The Morgan fingerprint density at radius 1 is 1.11 bits per heavy atom. The van der Waals surface area contributed by atoms with Gasteiger partial charge in [0.2, 0.25) is 10.0 Å². The molecule has 144 valence electrons. The van der Waals surface area contributed by atoms with Gasteiger partial charge in [-0.1, -0.05) is 17.7 Å². The monoisotopic (exact) mass is 457 g/mol. The third-order valence-corrected chi connectivity index (χ3v) is 6.09. The zero-order chi connectivity index (χ0) is 20.2. The summed E-state index contributed by atoms with van der Waals surface area (Å²) in [5, 5.41) is 0. The topological polar surface area (TPSA) is 95.6 Å². The normalized spacial score (nSPS) is 11.3. The molecule has 27 heavy (non-hydrogen) atoms. The second kappa shape index (κ2) is 8.59. The Morgan fingerprint density at radius 2 is 1.74 bits per heavy atom. The second-order valence-electron chi connectivity index (χ2n) is 5.70. The van der Waals surface area contributed by atoms with Crippen LogP contribution in [0.25, 0.3) is 0 Å². The first-order chi connectivity index (χ1) is 12.6. The van der Waals surface area contributed by atoms with E-state index in [4.69, 9.17) is 0 Å². The van der Waals surface area contributed by atoms with Gasteiger partial charge in [-0.25, -0.2) is 12.8 Å². The van der Waals surface area contributed by atoms with E-state index in [1.165, 1.54) is 31.3 Å². The van der Waals surface area contributed by atoms with Crippen molar-refractivity contribution in [2.45, 2.75) is 11.8 Å². The smallest absolute Gasteiger partial charge is 0.270 e. The second-order valence-corrected chi connectivity index (χ2v) is 8.60. The van der Waals surface area contributed by atoms with Gasteiger partial charge in [-0.05, 0) is 53.2 Å². The summed E-state index contributed by atoms with van der Waals surface area (Å²) in [4.78, 5) is 24.0. The minimum Gasteiger partial charge on any atom is -0.272 e. The van der Waals surface area contributed by atoms with Crippen LogP contribution < -0.4 is 10.9 Å². The summed E-state index contributed by atoms with van der Waals surface area (Å²) < 4.78 is 39.3. The molecule has 0 aliphatic carbocycles. The average molecular weight is 458 g/mol. The number of benzene rings is 2. The first-order valence-electron chi connectivity index (χ1n) is 7.68. The van der Waals surface area contributed by atoms with Gasteiger partial charge < -0.3 is 0 Å². The van der Waals surface area contributed by atoms with Crippen LogP contribution in [0.4, 0.5) is 4.39 Å². The van der Waals surface area contributed by atoms with Crippen molar-refractivity contribution in [1.82, 2.24) is 15.2 Å². The third kappa shape index (κ3) is 5.34. The lowest BCUT2D eigenvalue weighted by atomic mass is 10.2. The van der Waals surface area contributed by atoms with Gasteiger partial charge in [-0.3, -0.25) is 20.4 Å². The van der Waals surface area contributed by atoms with E-state index < -0.39 is 34.2 Å². The molecule has 7 nitrogen and oxygen atoms in total. The Morgan fingerprint density at radius 3 is 2.37 bits per heavy atom. The van der Waals surface area contributed by atoms with Gasteiger partial charge in [-0.15, -0.1) is 0 Å². The minimum absolute atomic E-state index is 0.0177. The molecule has 2 aromatic carbocycles. The van der Waals surface area contributed by atoms with Crippen molar-refractivity contribution in [2.75, 3.05) is 13.6 Å². The number of rotatable bonds is 5. The van der Waals surface area contributed by atoms with Gasteiger partial charge >= 0.3 is 0 Å². The highest BCUT2D eigenvalue weighted by Crippen LogP contribution is 2.17. The quantitative estimate of drug-likeness (QED) is 0.670. The Balaban J connectivity index is 1.97. The molecule has 0 saturated heterocycles. The molecule has 10 heteroatoms. The Labute approximate surface area is 164 Å². The van der Waals surface area contributed by atoms with Crippen LogP contribution in [0.1, 0.15) is 15.9 Å². The van der Waals surface area contributed by atoms with E-state index >= 15 is 0 Å². The van der Waals surface area contributed by atoms with Crippen LogP contribution in [0.5, 0.6) is 0 Å². The number of hydrogen-bond acceptors (Lipinski definition) is 4. The van der Waals surface area contributed by atoms with Gasteiger partial charge in [0.15, 0.2) is 0 Å². The van der Waals surface area contributed by atoms with E-state index in [2.05, 4.69) is 26.8 Å². The number of carbonyl (C=O) groups excluding carboxylic acids is 2. The molecule has 2 aromatic rings. The number of halogens is 2. The molecular formula is C17H17BrFN3O4S. The highest BCUT2D eigenvalue weighted by molar-refractivity contribution is 9.10. The van der Waals surface area contributed by atoms with Crippen molar-refractivity contribution in [3.8, 4) is 0 Å². The summed E-state index contributed by atoms with van der Waals surface area (Å²) in [5.74, 6) is -2.12. The van der Waals surface area contributed by atoms with Gasteiger partial charge in [-0.2, -0.15) is 4.31 Å². The molecule has 0 aliphatic heterocycles. The summed E-state index contributed by atoms with van der Waals surface area (Å²) in [5.41, 5.74) is 5.10. The molecule has 2 amide bonds. The number of sulfonamides is 1. The fourth-order valence-corrected chi connectivity index (χ4v) is 3.64. The fraction of sp³-hybridized carbons (Fsp3) is 0.176. The Hall–Kier alpha value is -2.30. The molecule has 0 radical (unpaired) electrons. The highest BCUT2D eigenvalue weighted by atomic mass is 79.9. The number of likely N-dealkylation sites (N-methyl/N-ethyl adjacent to an activating group) is 1. The molecule has 0 fully saturated rings. The predicted molar refractivity (Wildman–Crippen MR) is 101 cm³/mol. The summed E-state index contributed by atoms with van der Waals surface area (Å²) in [6.45, 7) is 1.31. The van der Waals surface area contributed by atoms with E-state index in [-0.39, 0.29) is 10.5 Å². The largest absolute Gasteiger partial charge is 0.272 e. The number of aryl methyl sites for hydroxylation is 1. The molecule has 0 aliphatic rings. The molecule has 0 atom stereocenters. The van der Waals surface area contributed by atoms with Crippen LogP contribution in [0.2, 0.25) is 0 Å². The number of hydrogen-bond donors (Lipinski definition) is 2. The van der Waals surface area contributed by atoms with Crippen LogP contribution in [0.15, 0.2) is 51.8 Å². The van der Waals surface area contributed by atoms with Crippen molar-refractivity contribution in [1.29, 1.82) is 0 Å². The summed E-state index contributed by atoms with van der Waals surface area (Å²) in [6, 6.07) is 9.72. The van der Waals surface area contributed by atoms with Gasteiger partial charge in [0.1, 0.15) is 5.82 Å². The number of hydrazine groups is 1. The van der Waals surface area contributed by atoms with Crippen LogP contribution in [0.3, 0.4) is 0 Å². The lowest BCUT2D eigenvalue weighted by molar-refractivity contribution is -0.121. The lowest BCUT2D eigenvalue weighted by Crippen LogP contribution is -2.46. The van der Waals surface area contributed by atoms with E-state index in [1.54, 1.807) is 12.1 Å². The van der Waals surface area contributed by atoms with E-state index in [1.807, 2.05) is 6.92 Å². The molecular weight excluding hydrogens is 441 g/mol. The molecule has 2 N–H and O–H groups in total. The standard InChI is InChI=1S/C17H17BrFN3O4S/c1-11-3-6-13(7-4-11)27(25,26)22(2)10-16(23)20-21-17(24)14-9-12(19)5-8-15(14)18/h3-9H,10H2,1-2H3,(H,20,23)(H,21,24). The lowest BCUT2D eigenvalue weighted by Gasteiger charge is -2.17. The molecule has 0 aromatic heterocycles. The summed E-state index contributed by atoms with van der Waals surface area (Å²) in [6.07, 6.45) is 0. The van der Waals surface area contributed by atoms with Crippen LogP contribution >= 0.6 is 15.9 Å². The maximum absolute atomic E-state index is 13.2. The number of amides is 2. The third-order valence-electron chi connectivity index (χ3n) is 3.58. The van der Waals surface area contributed by atoms with Crippen LogP contribution in [-0.2, 0) is 14.8 Å². The number of nitrogens with one attached hydrogen (secondary N) is 2. The SMILES string of the molecule is Cc1ccc(S(=O)(=O)N(C)CC(=O)NNC(=O)c2cc(F)ccc2Br)cc1. The molecule has 0 saturated carbocycles. The van der Waals surface area contributed by atoms with E-state index in [0.717, 1.165) is 15.9 Å². The molecule has 0 heterocycles. The van der Waals surface area contributed by atoms with Crippen molar-refractivity contribution >= 4 is 37.8 Å². The summed E-state index contributed by atoms with van der Waals surface area (Å²) >= 11 is 3.11. The maximum atomic E-state index is 13.2. The first-order valence-corrected chi connectivity index (χ1v) is 9.92. The Kier molecular flexibility index (Phi) is 6.68. The van der Waals surface area contributed by atoms with Gasteiger partial charge in [0.25, 0.3) is 11.8 Å². The number of carbonyl (C=O) groups is 2. The molecule has 0 bridgehead atoms. The van der Waals surface area contributed by atoms with Crippen molar-refractivity contribution < 1.29 is 22.4 Å². The zero-order valence-corrected chi connectivity index (χ0v) is 16.9. The fourth-order valence-electron chi connectivity index (χ4n) is 2.08. The number of nitrogens with zero attached hydrogens (tertiary/aromatic N) is 1. The van der Waals surface area contributed by atoms with Crippen LogP contribution in [0, 0.1) is 12.7 Å². The molecule has 0 spiro atoms. The van der Waals surface area contributed by atoms with Crippen molar-refractivity contribution in [2.24, 2.45) is 0 Å². The van der Waals surface area contributed by atoms with Crippen molar-refractivity contribution in [3.63, 3.8) is 0 Å². The van der Waals surface area contributed by atoms with Gasteiger partial charge in [0, 0.05) is 11.5 Å². The highest BCUT2D eigenvalue weighted by Gasteiger charge is 2.23. The van der Waals surface area contributed by atoms with E-state index in [9.17, 15) is 22.4 Å². The zero-order valence-electron chi connectivity index (χ0n) is 14.5. The van der Waals surface area contributed by atoms with Crippen molar-refractivity contribution in [3.05, 3.63) is 63.9 Å². The summed E-state index contributed by atoms with van der Waals surface area (Å²) in [7, 11) is -2.60. The van der Waals surface area contributed by atoms with Crippen LogP contribution in [-0.4, -0.2) is 38.1 Å².